The lowest BCUT2D eigenvalue weighted by molar-refractivity contribution is 0.477. The van der Waals surface area contributed by atoms with E-state index in [1.807, 2.05) is 19.1 Å². The Labute approximate surface area is 88.5 Å². The second kappa shape index (κ2) is 4.09. The zero-order valence-corrected chi connectivity index (χ0v) is 8.51. The number of aryl methyl sites for hydroxylation is 1. The van der Waals surface area contributed by atoms with Crippen molar-refractivity contribution in [2.45, 2.75) is 13.3 Å². The molecular formula is C12H12N2O. The Hall–Kier alpha value is -1.90. The van der Waals surface area contributed by atoms with E-state index in [4.69, 9.17) is 0 Å². The van der Waals surface area contributed by atoms with Crippen LogP contribution in [-0.4, -0.2) is 15.1 Å². The first-order chi connectivity index (χ1) is 7.31. The van der Waals surface area contributed by atoms with Crippen LogP contribution in [0.4, 0.5) is 0 Å². The van der Waals surface area contributed by atoms with E-state index in [9.17, 15) is 5.11 Å². The van der Waals surface area contributed by atoms with Crippen molar-refractivity contribution >= 4 is 0 Å². The maximum Gasteiger partial charge on any atom is 0.127 e. The maximum absolute atomic E-state index is 9.63. The fraction of sp³-hybridized carbons (Fsp3) is 0.167. The molecule has 0 saturated heterocycles. The molecule has 3 heteroatoms. The lowest BCUT2D eigenvalue weighted by atomic mass is 10.1. The smallest absolute Gasteiger partial charge is 0.127 e. The number of benzene rings is 1. The molecule has 0 bridgehead atoms. The normalized spacial score (nSPS) is 10.2. The Kier molecular flexibility index (Phi) is 2.63. The number of aromatic nitrogens is 2. The van der Waals surface area contributed by atoms with E-state index in [-0.39, 0.29) is 5.75 Å². The fourth-order valence-corrected chi connectivity index (χ4v) is 1.39. The predicted molar refractivity (Wildman–Crippen MR) is 58.5 cm³/mol. The molecule has 0 fully saturated rings. The highest BCUT2D eigenvalue weighted by Crippen LogP contribution is 2.27. The van der Waals surface area contributed by atoms with Gasteiger partial charge in [-0.05, 0) is 6.07 Å². The Balaban J connectivity index is 2.42. The van der Waals surface area contributed by atoms with Gasteiger partial charge in [-0.25, -0.2) is 9.97 Å². The molecule has 15 heavy (non-hydrogen) atoms. The molecule has 76 valence electrons. The predicted octanol–water partition coefficient (Wildman–Crippen LogP) is 2.41. The molecule has 0 radical (unpaired) electrons. The van der Waals surface area contributed by atoms with E-state index in [1.165, 1.54) is 0 Å². The van der Waals surface area contributed by atoms with Gasteiger partial charge in [-0.3, -0.25) is 0 Å². The van der Waals surface area contributed by atoms with E-state index in [0.717, 1.165) is 23.4 Å². The van der Waals surface area contributed by atoms with Gasteiger partial charge in [0, 0.05) is 29.9 Å². The minimum atomic E-state index is 0.255. The number of nitrogens with zero attached hydrogens (tertiary/aromatic N) is 2. The molecule has 0 saturated carbocycles. The van der Waals surface area contributed by atoms with E-state index >= 15 is 0 Å². The molecule has 0 spiro atoms. The van der Waals surface area contributed by atoms with Crippen LogP contribution >= 0.6 is 0 Å². The molecule has 0 unspecified atom stereocenters. The van der Waals surface area contributed by atoms with Crippen molar-refractivity contribution in [3.05, 3.63) is 42.5 Å². The van der Waals surface area contributed by atoms with E-state index in [0.29, 0.717) is 0 Å². The summed E-state index contributed by atoms with van der Waals surface area (Å²) in [4.78, 5) is 8.38. The first kappa shape index (κ1) is 9.65. The van der Waals surface area contributed by atoms with Crippen LogP contribution in [0.15, 0.2) is 36.7 Å². The molecule has 3 nitrogen and oxygen atoms in total. The van der Waals surface area contributed by atoms with Gasteiger partial charge >= 0.3 is 0 Å². The Bertz CT molecular complexity index is 451. The van der Waals surface area contributed by atoms with Crippen LogP contribution in [0.1, 0.15) is 12.7 Å². The highest BCUT2D eigenvalue weighted by molar-refractivity contribution is 5.68. The molecule has 1 aromatic carbocycles. The van der Waals surface area contributed by atoms with Crippen molar-refractivity contribution < 1.29 is 5.11 Å². The van der Waals surface area contributed by atoms with E-state index in [2.05, 4.69) is 9.97 Å². The summed E-state index contributed by atoms with van der Waals surface area (Å²) in [7, 11) is 0. The number of hydrogen-bond acceptors (Lipinski definition) is 3. The number of phenols is 1. The molecule has 2 aromatic rings. The first-order valence-corrected chi connectivity index (χ1v) is 4.90. The van der Waals surface area contributed by atoms with Crippen LogP contribution < -0.4 is 0 Å². The molecule has 1 aromatic heterocycles. The average molecular weight is 200 g/mol. The van der Waals surface area contributed by atoms with Crippen molar-refractivity contribution in [1.29, 1.82) is 0 Å². The van der Waals surface area contributed by atoms with Gasteiger partial charge in [0.2, 0.25) is 0 Å². The van der Waals surface area contributed by atoms with Crippen LogP contribution in [0.3, 0.4) is 0 Å². The number of hydrogen-bond donors (Lipinski definition) is 1. The summed E-state index contributed by atoms with van der Waals surface area (Å²) in [5.74, 6) is 1.07. The van der Waals surface area contributed by atoms with E-state index in [1.54, 1.807) is 24.5 Å². The molecule has 1 N–H and O–H groups in total. The number of phenolic OH excluding ortho intramolecular Hbond substituents is 1. The van der Waals surface area contributed by atoms with Crippen molar-refractivity contribution in [1.82, 2.24) is 9.97 Å². The summed E-state index contributed by atoms with van der Waals surface area (Å²) in [6, 6.07) is 7.17. The Morgan fingerprint density at radius 2 is 1.80 bits per heavy atom. The lowest BCUT2D eigenvalue weighted by Gasteiger charge is -2.03. The standard InChI is InChI=1S/C12H12N2O/c1-2-12-13-7-9(8-14-12)10-5-3-4-6-11(10)15/h3-8,15H,2H2,1H3. The summed E-state index contributed by atoms with van der Waals surface area (Å²) >= 11 is 0. The fourth-order valence-electron chi connectivity index (χ4n) is 1.39. The Morgan fingerprint density at radius 1 is 1.13 bits per heavy atom. The molecule has 0 aliphatic rings. The van der Waals surface area contributed by atoms with Crippen molar-refractivity contribution in [2.75, 3.05) is 0 Å². The van der Waals surface area contributed by atoms with Gasteiger partial charge in [-0.2, -0.15) is 0 Å². The molecule has 0 aliphatic carbocycles. The van der Waals surface area contributed by atoms with Gasteiger partial charge in [0.05, 0.1) is 0 Å². The van der Waals surface area contributed by atoms with Crippen LogP contribution in [0, 0.1) is 0 Å². The zero-order valence-electron chi connectivity index (χ0n) is 8.51. The molecule has 0 aliphatic heterocycles. The minimum Gasteiger partial charge on any atom is -0.507 e. The van der Waals surface area contributed by atoms with Gasteiger partial charge in [0.25, 0.3) is 0 Å². The van der Waals surface area contributed by atoms with Crippen LogP contribution in [0.2, 0.25) is 0 Å². The summed E-state index contributed by atoms with van der Waals surface area (Å²) in [6.45, 7) is 2.01. The van der Waals surface area contributed by atoms with Crippen LogP contribution in [0.5, 0.6) is 5.75 Å². The third-order valence-electron chi connectivity index (χ3n) is 2.24. The average Bonchev–Trinajstić information content (AvgIpc) is 2.30. The Morgan fingerprint density at radius 3 is 2.40 bits per heavy atom. The van der Waals surface area contributed by atoms with Crippen molar-refractivity contribution in [2.24, 2.45) is 0 Å². The van der Waals surface area contributed by atoms with Crippen LogP contribution in [-0.2, 0) is 6.42 Å². The van der Waals surface area contributed by atoms with Crippen molar-refractivity contribution in [3.8, 4) is 16.9 Å². The third kappa shape index (κ3) is 1.96. The number of para-hydroxylation sites is 1. The molecular weight excluding hydrogens is 188 g/mol. The number of rotatable bonds is 2. The first-order valence-electron chi connectivity index (χ1n) is 4.90. The molecule has 0 amide bonds. The highest BCUT2D eigenvalue weighted by atomic mass is 16.3. The number of aromatic hydroxyl groups is 1. The third-order valence-corrected chi connectivity index (χ3v) is 2.24. The van der Waals surface area contributed by atoms with Crippen LogP contribution in [0.25, 0.3) is 11.1 Å². The second-order valence-corrected chi connectivity index (χ2v) is 3.26. The topological polar surface area (TPSA) is 46.0 Å². The zero-order chi connectivity index (χ0) is 10.7. The quantitative estimate of drug-likeness (QED) is 0.809. The van der Waals surface area contributed by atoms with Gasteiger partial charge in [-0.15, -0.1) is 0 Å². The monoisotopic (exact) mass is 200 g/mol. The SMILES string of the molecule is CCc1ncc(-c2ccccc2O)cn1. The molecule has 0 atom stereocenters. The minimum absolute atomic E-state index is 0.255. The molecule has 1 heterocycles. The summed E-state index contributed by atoms with van der Waals surface area (Å²) < 4.78 is 0. The summed E-state index contributed by atoms with van der Waals surface area (Å²) in [6.07, 6.45) is 4.29. The highest BCUT2D eigenvalue weighted by Gasteiger charge is 2.03. The lowest BCUT2D eigenvalue weighted by Crippen LogP contribution is -1.92. The molecule has 2 rings (SSSR count). The van der Waals surface area contributed by atoms with Gasteiger partial charge in [0.15, 0.2) is 0 Å². The van der Waals surface area contributed by atoms with Gasteiger partial charge < -0.3 is 5.11 Å². The van der Waals surface area contributed by atoms with Gasteiger partial charge in [0.1, 0.15) is 11.6 Å². The second-order valence-electron chi connectivity index (χ2n) is 3.26. The largest absolute Gasteiger partial charge is 0.507 e. The van der Waals surface area contributed by atoms with Gasteiger partial charge in [-0.1, -0.05) is 25.1 Å². The van der Waals surface area contributed by atoms with E-state index < -0.39 is 0 Å². The summed E-state index contributed by atoms with van der Waals surface area (Å²) in [5.41, 5.74) is 1.60. The van der Waals surface area contributed by atoms with Crippen molar-refractivity contribution in [3.63, 3.8) is 0 Å². The maximum atomic E-state index is 9.63. The summed E-state index contributed by atoms with van der Waals surface area (Å²) in [5, 5.41) is 9.63.